The van der Waals surface area contributed by atoms with Crippen molar-refractivity contribution in [3.63, 3.8) is 0 Å². The van der Waals surface area contributed by atoms with E-state index in [1.807, 2.05) is 135 Å². The third-order valence-electron chi connectivity index (χ3n) is 10.9. The van der Waals surface area contributed by atoms with Crippen LogP contribution in [0.25, 0.3) is 107 Å². The molecule has 0 bridgehead atoms. The van der Waals surface area contributed by atoms with E-state index >= 15 is 0 Å². The summed E-state index contributed by atoms with van der Waals surface area (Å²) in [5, 5.41) is 2.18. The van der Waals surface area contributed by atoms with E-state index in [4.69, 9.17) is 39.9 Å². The molecule has 11 rings (SSSR count). The van der Waals surface area contributed by atoms with E-state index in [9.17, 15) is 0 Å². The first-order valence-electron chi connectivity index (χ1n) is 20.6. The summed E-state index contributed by atoms with van der Waals surface area (Å²) >= 11 is 0. The van der Waals surface area contributed by atoms with Gasteiger partial charge in [0.25, 0.3) is 0 Å². The third-order valence-corrected chi connectivity index (χ3v) is 10.9. The summed E-state index contributed by atoms with van der Waals surface area (Å²) < 4.78 is 2.28. The SMILES string of the molecule is Cc1nc(C)nc(-c2ccc3c4ccccc4n(-c4ccc(-c5nc(-c6ccccc6)nc(-c6ccccc6)n5)cc4-c4nc(-c5ccccc5)nc(-c5ccccc5)n4)c3c2)n1. The normalized spacial score (nSPS) is 11.3. The summed E-state index contributed by atoms with van der Waals surface area (Å²) in [5.41, 5.74) is 8.76. The molecular formula is C53H36N10. The highest BCUT2D eigenvalue weighted by molar-refractivity contribution is 6.10. The molecule has 0 spiro atoms. The molecule has 0 saturated carbocycles. The van der Waals surface area contributed by atoms with Crippen molar-refractivity contribution >= 4 is 21.8 Å². The van der Waals surface area contributed by atoms with Gasteiger partial charge >= 0.3 is 0 Å². The number of hydrogen-bond donors (Lipinski definition) is 0. The van der Waals surface area contributed by atoms with E-state index in [0.29, 0.717) is 52.4 Å². The summed E-state index contributed by atoms with van der Waals surface area (Å²) in [5.74, 6) is 5.20. The Bertz CT molecular complexity index is 3330. The molecule has 10 heteroatoms. The van der Waals surface area contributed by atoms with Crippen LogP contribution in [0.1, 0.15) is 11.6 Å². The molecule has 0 radical (unpaired) electrons. The van der Waals surface area contributed by atoms with E-state index in [1.54, 1.807) is 0 Å². The number of benzene rings is 7. The van der Waals surface area contributed by atoms with Gasteiger partial charge in [-0.3, -0.25) is 0 Å². The van der Waals surface area contributed by atoms with Gasteiger partial charge in [-0.05, 0) is 44.2 Å². The molecule has 0 aliphatic heterocycles. The van der Waals surface area contributed by atoms with Crippen molar-refractivity contribution in [3.8, 4) is 85.4 Å². The fraction of sp³-hybridized carbons (Fsp3) is 0.0377. The largest absolute Gasteiger partial charge is 0.308 e. The summed E-state index contributed by atoms with van der Waals surface area (Å²) in [6, 6.07) is 61.1. The summed E-state index contributed by atoms with van der Waals surface area (Å²) in [6.07, 6.45) is 0. The zero-order chi connectivity index (χ0) is 42.3. The van der Waals surface area contributed by atoms with Crippen LogP contribution in [0.2, 0.25) is 0 Å². The van der Waals surface area contributed by atoms with Crippen LogP contribution in [0.5, 0.6) is 0 Å². The van der Waals surface area contributed by atoms with Gasteiger partial charge in [0.1, 0.15) is 11.6 Å². The molecule has 11 aromatic rings. The van der Waals surface area contributed by atoms with Gasteiger partial charge in [0, 0.05) is 49.7 Å². The van der Waals surface area contributed by atoms with Crippen molar-refractivity contribution in [2.45, 2.75) is 13.8 Å². The predicted molar refractivity (Wildman–Crippen MR) is 248 cm³/mol. The maximum Gasteiger partial charge on any atom is 0.166 e. The second-order valence-electron chi connectivity index (χ2n) is 15.1. The van der Waals surface area contributed by atoms with Gasteiger partial charge in [0.05, 0.1) is 16.7 Å². The monoisotopic (exact) mass is 812 g/mol. The zero-order valence-electron chi connectivity index (χ0n) is 34.3. The molecule has 10 nitrogen and oxygen atoms in total. The van der Waals surface area contributed by atoms with E-state index in [2.05, 4.69) is 70.2 Å². The average Bonchev–Trinajstić information content (AvgIpc) is 3.68. The minimum absolute atomic E-state index is 0.492. The number of hydrogen-bond acceptors (Lipinski definition) is 9. The van der Waals surface area contributed by atoms with Crippen LogP contribution in [0.15, 0.2) is 182 Å². The molecule has 0 saturated heterocycles. The van der Waals surface area contributed by atoms with Crippen LogP contribution in [0, 0.1) is 13.8 Å². The third kappa shape index (κ3) is 7.15. The Morgan fingerprint density at radius 2 is 0.667 bits per heavy atom. The molecule has 63 heavy (non-hydrogen) atoms. The molecule has 0 unspecified atom stereocenters. The Morgan fingerprint density at radius 3 is 1.17 bits per heavy atom. The first-order valence-corrected chi connectivity index (χ1v) is 20.6. The second-order valence-corrected chi connectivity index (χ2v) is 15.1. The Balaban J connectivity index is 1.21. The quantitative estimate of drug-likeness (QED) is 0.148. The fourth-order valence-electron chi connectivity index (χ4n) is 8.03. The Hall–Kier alpha value is -8.63. The minimum atomic E-state index is 0.492. The Labute approximate surface area is 362 Å². The average molecular weight is 813 g/mol. The highest BCUT2D eigenvalue weighted by Gasteiger charge is 2.22. The van der Waals surface area contributed by atoms with Crippen LogP contribution < -0.4 is 0 Å². The standard InChI is InChI=1S/C53H36N10/c1-33-54-34(2)56-51(55-33)40-27-29-42-41-25-15-16-26-44(41)63(46(42)32-40)45-30-28-39(52-59-47(35-17-7-3-8-18-35)57-48(60-52)36-19-9-4-10-20-36)31-43(45)53-61-49(37-21-11-5-12-22-37)58-50(62-53)38-23-13-6-14-24-38/h3-32H,1-2H3. The van der Waals surface area contributed by atoms with E-state index in [0.717, 1.165) is 66.4 Å². The molecule has 4 heterocycles. The zero-order valence-corrected chi connectivity index (χ0v) is 34.3. The van der Waals surface area contributed by atoms with Crippen LogP contribution >= 0.6 is 0 Å². The van der Waals surface area contributed by atoms with Crippen LogP contribution in [-0.2, 0) is 0 Å². The molecule has 0 aliphatic carbocycles. The summed E-state index contributed by atoms with van der Waals surface area (Å²) in [7, 11) is 0. The Morgan fingerprint density at radius 1 is 0.286 bits per heavy atom. The summed E-state index contributed by atoms with van der Waals surface area (Å²) in [6.45, 7) is 3.78. The van der Waals surface area contributed by atoms with Gasteiger partial charge in [0.15, 0.2) is 40.8 Å². The number of fused-ring (bicyclic) bond motifs is 3. The highest BCUT2D eigenvalue weighted by Crippen LogP contribution is 2.39. The van der Waals surface area contributed by atoms with Gasteiger partial charge in [-0.15, -0.1) is 0 Å². The number of aromatic nitrogens is 10. The lowest BCUT2D eigenvalue weighted by Gasteiger charge is -2.16. The van der Waals surface area contributed by atoms with Crippen molar-refractivity contribution in [2.75, 3.05) is 0 Å². The van der Waals surface area contributed by atoms with Gasteiger partial charge < -0.3 is 4.57 Å². The highest BCUT2D eigenvalue weighted by atomic mass is 15.1. The smallest absolute Gasteiger partial charge is 0.166 e. The fourth-order valence-corrected chi connectivity index (χ4v) is 8.03. The van der Waals surface area contributed by atoms with Gasteiger partial charge in [-0.2, -0.15) is 0 Å². The van der Waals surface area contributed by atoms with Gasteiger partial charge in [0.2, 0.25) is 0 Å². The molecule has 0 aliphatic rings. The first kappa shape index (κ1) is 37.4. The van der Waals surface area contributed by atoms with E-state index < -0.39 is 0 Å². The molecule has 0 N–H and O–H groups in total. The summed E-state index contributed by atoms with van der Waals surface area (Å²) in [4.78, 5) is 44.7. The lowest BCUT2D eigenvalue weighted by molar-refractivity contribution is 0.928. The molecule has 7 aromatic carbocycles. The number of para-hydroxylation sites is 1. The van der Waals surface area contributed by atoms with Gasteiger partial charge in [-0.1, -0.05) is 152 Å². The van der Waals surface area contributed by atoms with E-state index in [-0.39, 0.29) is 0 Å². The molecule has 298 valence electrons. The maximum atomic E-state index is 5.26. The second kappa shape index (κ2) is 15.8. The molecule has 0 fully saturated rings. The predicted octanol–water partition coefficient (Wildman–Crippen LogP) is 11.6. The van der Waals surface area contributed by atoms with Crippen molar-refractivity contribution in [1.29, 1.82) is 0 Å². The number of nitrogens with zero attached hydrogens (tertiary/aromatic N) is 10. The molecular weight excluding hydrogens is 777 g/mol. The van der Waals surface area contributed by atoms with Crippen LogP contribution in [0.4, 0.5) is 0 Å². The van der Waals surface area contributed by atoms with Crippen LogP contribution in [0.3, 0.4) is 0 Å². The van der Waals surface area contributed by atoms with Crippen molar-refractivity contribution in [3.05, 3.63) is 194 Å². The lowest BCUT2D eigenvalue weighted by Crippen LogP contribution is -2.05. The van der Waals surface area contributed by atoms with Crippen LogP contribution in [-0.4, -0.2) is 49.4 Å². The number of aryl methyl sites for hydroxylation is 2. The maximum absolute atomic E-state index is 5.26. The van der Waals surface area contributed by atoms with Crippen molar-refractivity contribution in [2.24, 2.45) is 0 Å². The molecule has 0 amide bonds. The minimum Gasteiger partial charge on any atom is -0.308 e. The van der Waals surface area contributed by atoms with Gasteiger partial charge in [-0.25, -0.2) is 44.9 Å². The lowest BCUT2D eigenvalue weighted by atomic mass is 10.1. The molecule has 4 aromatic heterocycles. The van der Waals surface area contributed by atoms with Crippen molar-refractivity contribution in [1.82, 2.24) is 49.4 Å². The Kier molecular flexibility index (Phi) is 9.35. The first-order chi connectivity index (χ1) is 31.0. The number of rotatable bonds is 8. The topological polar surface area (TPSA) is 121 Å². The van der Waals surface area contributed by atoms with E-state index in [1.165, 1.54) is 0 Å². The molecule has 0 atom stereocenters. The van der Waals surface area contributed by atoms with Crippen molar-refractivity contribution < 1.29 is 0 Å².